The van der Waals surface area contributed by atoms with Crippen LogP contribution in [0.15, 0.2) is 35.8 Å². The maximum atomic E-state index is 12.2. The summed E-state index contributed by atoms with van der Waals surface area (Å²) in [7, 11) is 0. The molecule has 6 heteroatoms. The standard InChI is InChI=1S/C17H17N3O2S/c1-2-10-22-14-7-5-13(6-8-14)19-17(21)20-15(12-3-4-12)16-18-9-11-23-16/h1,5-9,11-12,15H,3-4,10H2,(H2,19,20,21)/t15-/m0/s1. The van der Waals surface area contributed by atoms with Crippen molar-refractivity contribution < 1.29 is 9.53 Å². The molecule has 1 aliphatic carbocycles. The maximum Gasteiger partial charge on any atom is 0.319 e. The van der Waals surface area contributed by atoms with Gasteiger partial charge in [-0.2, -0.15) is 0 Å². The van der Waals surface area contributed by atoms with Crippen molar-refractivity contribution in [1.82, 2.24) is 10.3 Å². The molecule has 2 aromatic rings. The number of benzene rings is 1. The van der Waals surface area contributed by atoms with E-state index in [1.54, 1.807) is 41.8 Å². The first-order valence-electron chi connectivity index (χ1n) is 7.39. The third-order valence-electron chi connectivity index (χ3n) is 3.53. The summed E-state index contributed by atoms with van der Waals surface area (Å²) < 4.78 is 5.30. The highest BCUT2D eigenvalue weighted by atomic mass is 32.1. The summed E-state index contributed by atoms with van der Waals surface area (Å²) in [6.45, 7) is 0.226. The highest BCUT2D eigenvalue weighted by Gasteiger charge is 2.34. The fourth-order valence-corrected chi connectivity index (χ4v) is 3.05. The first kappa shape index (κ1) is 15.4. The Morgan fingerprint density at radius 1 is 1.43 bits per heavy atom. The number of ether oxygens (including phenoxy) is 1. The molecular weight excluding hydrogens is 310 g/mol. The summed E-state index contributed by atoms with van der Waals surface area (Å²) in [5.41, 5.74) is 0.698. The molecule has 1 aromatic carbocycles. The Kier molecular flexibility index (Phi) is 4.79. The zero-order valence-electron chi connectivity index (χ0n) is 12.5. The lowest BCUT2D eigenvalue weighted by molar-refractivity contribution is 0.247. The van der Waals surface area contributed by atoms with Gasteiger partial charge in [0.15, 0.2) is 0 Å². The number of nitrogens with one attached hydrogen (secondary N) is 2. The summed E-state index contributed by atoms with van der Waals surface area (Å²) in [5.74, 6) is 3.57. The third-order valence-corrected chi connectivity index (χ3v) is 4.39. The zero-order chi connectivity index (χ0) is 16.1. The number of carbonyl (C=O) groups is 1. The molecule has 1 aliphatic rings. The number of rotatable bonds is 6. The number of anilines is 1. The Morgan fingerprint density at radius 3 is 2.83 bits per heavy atom. The van der Waals surface area contributed by atoms with Crippen LogP contribution < -0.4 is 15.4 Å². The lowest BCUT2D eigenvalue weighted by Gasteiger charge is -2.16. The Balaban J connectivity index is 1.57. The number of hydrogen-bond donors (Lipinski definition) is 2. The lowest BCUT2D eigenvalue weighted by atomic mass is 10.2. The average Bonchev–Trinajstić information content (AvgIpc) is 3.26. The smallest absolute Gasteiger partial charge is 0.319 e. The summed E-state index contributed by atoms with van der Waals surface area (Å²) in [5, 5.41) is 8.74. The molecule has 0 radical (unpaired) electrons. The van der Waals surface area contributed by atoms with Gasteiger partial charge in [-0.05, 0) is 43.0 Å². The molecule has 0 spiro atoms. The van der Waals surface area contributed by atoms with Gasteiger partial charge in [-0.1, -0.05) is 5.92 Å². The van der Waals surface area contributed by atoms with Crippen molar-refractivity contribution in [2.45, 2.75) is 18.9 Å². The summed E-state index contributed by atoms with van der Waals surface area (Å²) in [6.07, 6.45) is 9.17. The highest BCUT2D eigenvalue weighted by Crippen LogP contribution is 2.41. The van der Waals surface area contributed by atoms with Gasteiger partial charge in [0, 0.05) is 17.3 Å². The van der Waals surface area contributed by atoms with Gasteiger partial charge in [-0.15, -0.1) is 17.8 Å². The topological polar surface area (TPSA) is 63.2 Å². The van der Waals surface area contributed by atoms with E-state index in [2.05, 4.69) is 21.5 Å². The van der Waals surface area contributed by atoms with Gasteiger partial charge in [0.05, 0.1) is 6.04 Å². The Morgan fingerprint density at radius 2 is 2.22 bits per heavy atom. The van der Waals surface area contributed by atoms with Crippen LogP contribution in [0, 0.1) is 18.3 Å². The predicted octanol–water partition coefficient (Wildman–Crippen LogP) is 3.43. The molecule has 1 heterocycles. The van der Waals surface area contributed by atoms with Crippen LogP contribution >= 0.6 is 11.3 Å². The fourth-order valence-electron chi connectivity index (χ4n) is 2.27. The van der Waals surface area contributed by atoms with Gasteiger partial charge in [0.1, 0.15) is 17.4 Å². The number of urea groups is 1. The van der Waals surface area contributed by atoms with Gasteiger partial charge in [-0.25, -0.2) is 9.78 Å². The lowest BCUT2D eigenvalue weighted by Crippen LogP contribution is -2.33. The van der Waals surface area contributed by atoms with Crippen LogP contribution in [-0.2, 0) is 0 Å². The maximum absolute atomic E-state index is 12.2. The van der Waals surface area contributed by atoms with Gasteiger partial charge >= 0.3 is 6.03 Å². The molecule has 0 aliphatic heterocycles. The van der Waals surface area contributed by atoms with E-state index in [9.17, 15) is 4.79 Å². The van der Waals surface area contributed by atoms with Gasteiger partial charge < -0.3 is 15.4 Å². The van der Waals surface area contributed by atoms with E-state index < -0.39 is 0 Å². The van der Waals surface area contributed by atoms with Crippen molar-refractivity contribution in [1.29, 1.82) is 0 Å². The van der Waals surface area contributed by atoms with E-state index in [1.807, 2.05) is 5.38 Å². The number of amides is 2. The highest BCUT2D eigenvalue weighted by molar-refractivity contribution is 7.09. The van der Waals surface area contributed by atoms with Gasteiger partial charge in [-0.3, -0.25) is 0 Å². The molecule has 5 nitrogen and oxygen atoms in total. The molecule has 118 valence electrons. The molecular formula is C17H17N3O2S. The Labute approximate surface area is 139 Å². The quantitative estimate of drug-likeness (QED) is 0.799. The van der Waals surface area contributed by atoms with Crippen LogP contribution in [0.25, 0.3) is 0 Å². The van der Waals surface area contributed by atoms with Crippen molar-refractivity contribution in [2.75, 3.05) is 11.9 Å². The molecule has 1 aromatic heterocycles. The van der Waals surface area contributed by atoms with E-state index in [-0.39, 0.29) is 18.7 Å². The first-order chi connectivity index (χ1) is 11.3. The van der Waals surface area contributed by atoms with Crippen molar-refractivity contribution in [2.24, 2.45) is 5.92 Å². The van der Waals surface area contributed by atoms with Crippen molar-refractivity contribution in [3.8, 4) is 18.1 Å². The summed E-state index contributed by atoms with van der Waals surface area (Å²) in [4.78, 5) is 16.5. The number of nitrogens with zero attached hydrogens (tertiary/aromatic N) is 1. The largest absolute Gasteiger partial charge is 0.481 e. The number of thiazole rings is 1. The number of aromatic nitrogens is 1. The number of hydrogen-bond acceptors (Lipinski definition) is 4. The Hall–Kier alpha value is -2.52. The minimum Gasteiger partial charge on any atom is -0.481 e. The van der Waals surface area contributed by atoms with Crippen LogP contribution in [0.5, 0.6) is 5.75 Å². The molecule has 1 fully saturated rings. The normalized spacial score (nSPS) is 14.6. The number of terminal acetylenes is 1. The molecule has 2 N–H and O–H groups in total. The number of carbonyl (C=O) groups excluding carboxylic acids is 1. The van der Waals surface area contributed by atoms with Crippen molar-refractivity contribution in [3.63, 3.8) is 0 Å². The van der Waals surface area contributed by atoms with Gasteiger partial charge in [0.25, 0.3) is 0 Å². The van der Waals surface area contributed by atoms with E-state index in [4.69, 9.17) is 11.2 Å². The van der Waals surface area contributed by atoms with E-state index in [0.29, 0.717) is 17.4 Å². The molecule has 0 unspecified atom stereocenters. The van der Waals surface area contributed by atoms with Crippen LogP contribution in [0.4, 0.5) is 10.5 Å². The molecule has 23 heavy (non-hydrogen) atoms. The second-order valence-electron chi connectivity index (χ2n) is 5.30. The zero-order valence-corrected chi connectivity index (χ0v) is 13.3. The molecule has 1 saturated carbocycles. The van der Waals surface area contributed by atoms with E-state index in [0.717, 1.165) is 17.8 Å². The molecule has 1 atom stereocenters. The predicted molar refractivity (Wildman–Crippen MR) is 90.5 cm³/mol. The fraction of sp³-hybridized carbons (Fsp3) is 0.294. The summed E-state index contributed by atoms with van der Waals surface area (Å²) in [6, 6.07) is 6.86. The van der Waals surface area contributed by atoms with Crippen molar-refractivity contribution in [3.05, 3.63) is 40.8 Å². The molecule has 0 saturated heterocycles. The van der Waals surface area contributed by atoms with Crippen LogP contribution in [0.3, 0.4) is 0 Å². The van der Waals surface area contributed by atoms with Crippen LogP contribution in [0.1, 0.15) is 23.9 Å². The van der Waals surface area contributed by atoms with Crippen molar-refractivity contribution >= 4 is 23.1 Å². The molecule has 3 rings (SSSR count). The van der Waals surface area contributed by atoms with E-state index >= 15 is 0 Å². The third kappa shape index (κ3) is 4.24. The molecule has 0 bridgehead atoms. The van der Waals surface area contributed by atoms with E-state index in [1.165, 1.54) is 0 Å². The minimum absolute atomic E-state index is 0.00626. The van der Waals surface area contributed by atoms with Gasteiger partial charge in [0.2, 0.25) is 0 Å². The monoisotopic (exact) mass is 327 g/mol. The Bertz CT molecular complexity index is 688. The SMILES string of the molecule is C#CCOc1ccc(NC(=O)N[C@H](c2nccs2)C2CC2)cc1. The first-order valence-corrected chi connectivity index (χ1v) is 8.27. The second-order valence-corrected chi connectivity index (χ2v) is 6.23. The average molecular weight is 327 g/mol. The van der Waals surface area contributed by atoms with Crippen LogP contribution in [-0.4, -0.2) is 17.6 Å². The summed E-state index contributed by atoms with van der Waals surface area (Å²) >= 11 is 1.57. The second kappa shape index (κ2) is 7.16. The van der Waals surface area contributed by atoms with Crippen LogP contribution in [0.2, 0.25) is 0 Å². The molecule has 2 amide bonds. The minimum atomic E-state index is -0.227.